The molecule has 0 atom stereocenters. The Labute approximate surface area is 107 Å². The monoisotopic (exact) mass is 264 g/mol. The van der Waals surface area contributed by atoms with Gasteiger partial charge in [0, 0.05) is 23.5 Å². The van der Waals surface area contributed by atoms with Gasteiger partial charge in [-0.3, -0.25) is 0 Å². The van der Waals surface area contributed by atoms with Crippen molar-refractivity contribution in [2.24, 2.45) is 0 Å². The predicted octanol–water partition coefficient (Wildman–Crippen LogP) is 3.19. The summed E-state index contributed by atoms with van der Waals surface area (Å²) in [6, 6.07) is 7.68. The van der Waals surface area contributed by atoms with E-state index in [1.807, 2.05) is 17.5 Å². The third-order valence-electron chi connectivity index (χ3n) is 2.45. The molecule has 0 radical (unpaired) electrons. The van der Waals surface area contributed by atoms with Crippen LogP contribution in [-0.4, -0.2) is 0 Å². The Hall–Kier alpha value is -1.77. The Kier molecular flexibility index (Phi) is 4.03. The third kappa shape index (κ3) is 2.92. The van der Waals surface area contributed by atoms with Crippen LogP contribution in [0.1, 0.15) is 16.0 Å². The summed E-state index contributed by atoms with van der Waals surface area (Å²) < 4.78 is 27.1. The number of benzene rings is 1. The fourth-order valence-electron chi connectivity index (χ4n) is 1.56. The average molecular weight is 264 g/mol. The molecule has 0 saturated carbocycles. The van der Waals surface area contributed by atoms with Crippen molar-refractivity contribution in [2.75, 3.05) is 0 Å². The van der Waals surface area contributed by atoms with Crippen LogP contribution < -0.4 is 5.32 Å². The van der Waals surface area contributed by atoms with Crippen LogP contribution in [0.15, 0.2) is 29.6 Å². The first kappa shape index (κ1) is 12.7. The maximum Gasteiger partial charge on any atom is 0.131 e. The maximum absolute atomic E-state index is 13.5. The van der Waals surface area contributed by atoms with Gasteiger partial charge in [-0.25, -0.2) is 8.78 Å². The van der Waals surface area contributed by atoms with Gasteiger partial charge in [-0.05, 0) is 23.6 Å². The lowest BCUT2D eigenvalue weighted by molar-refractivity contribution is 0.535. The number of halogens is 2. The first-order valence-electron chi connectivity index (χ1n) is 5.32. The SMILES string of the molecule is N#Cc1cc(F)c(CNCc2cccs2)c(F)c1. The van der Waals surface area contributed by atoms with Gasteiger partial charge in [-0.15, -0.1) is 11.3 Å². The molecule has 2 rings (SSSR count). The molecule has 0 aliphatic carbocycles. The first-order valence-corrected chi connectivity index (χ1v) is 6.20. The second-order valence-corrected chi connectivity index (χ2v) is 4.75. The molecule has 1 heterocycles. The van der Waals surface area contributed by atoms with Gasteiger partial charge < -0.3 is 5.32 Å². The van der Waals surface area contributed by atoms with Crippen LogP contribution in [0.5, 0.6) is 0 Å². The van der Waals surface area contributed by atoms with Crippen molar-refractivity contribution >= 4 is 11.3 Å². The van der Waals surface area contributed by atoms with E-state index in [1.54, 1.807) is 17.4 Å². The van der Waals surface area contributed by atoms with Gasteiger partial charge in [0.25, 0.3) is 0 Å². The smallest absolute Gasteiger partial charge is 0.131 e. The topological polar surface area (TPSA) is 35.8 Å². The molecule has 2 nitrogen and oxygen atoms in total. The fraction of sp³-hybridized carbons (Fsp3) is 0.154. The van der Waals surface area contributed by atoms with Crippen molar-refractivity contribution in [3.63, 3.8) is 0 Å². The largest absolute Gasteiger partial charge is 0.308 e. The minimum Gasteiger partial charge on any atom is -0.308 e. The number of thiophene rings is 1. The molecule has 0 fully saturated rings. The summed E-state index contributed by atoms with van der Waals surface area (Å²) >= 11 is 1.58. The summed E-state index contributed by atoms with van der Waals surface area (Å²) in [6.45, 7) is 0.665. The van der Waals surface area contributed by atoms with E-state index in [1.165, 1.54) is 0 Å². The molecule has 18 heavy (non-hydrogen) atoms. The zero-order valence-corrected chi connectivity index (χ0v) is 10.2. The lowest BCUT2D eigenvalue weighted by Crippen LogP contribution is -2.14. The Bertz CT molecular complexity index is 550. The normalized spacial score (nSPS) is 10.3. The van der Waals surface area contributed by atoms with Gasteiger partial charge in [0.2, 0.25) is 0 Å². The predicted molar refractivity (Wildman–Crippen MR) is 65.9 cm³/mol. The van der Waals surface area contributed by atoms with Crippen LogP contribution in [-0.2, 0) is 13.1 Å². The highest BCUT2D eigenvalue weighted by Gasteiger charge is 2.10. The first-order chi connectivity index (χ1) is 8.70. The van der Waals surface area contributed by atoms with Crippen molar-refractivity contribution in [1.82, 2.24) is 5.32 Å². The van der Waals surface area contributed by atoms with E-state index < -0.39 is 11.6 Å². The molecule has 92 valence electrons. The second kappa shape index (κ2) is 5.71. The van der Waals surface area contributed by atoms with E-state index in [-0.39, 0.29) is 17.7 Å². The number of hydrogen-bond donors (Lipinski definition) is 1. The van der Waals surface area contributed by atoms with E-state index >= 15 is 0 Å². The highest BCUT2D eigenvalue weighted by atomic mass is 32.1. The molecule has 0 aliphatic heterocycles. The molecule has 2 aromatic rings. The molecule has 5 heteroatoms. The molecule has 1 aromatic heterocycles. The Balaban J connectivity index is 2.03. The lowest BCUT2D eigenvalue weighted by Gasteiger charge is -2.06. The molecular formula is C13H10F2N2S. The minimum atomic E-state index is -0.690. The Morgan fingerprint density at radius 1 is 1.22 bits per heavy atom. The summed E-state index contributed by atoms with van der Waals surface area (Å²) in [7, 11) is 0. The number of nitrogens with zero attached hydrogens (tertiary/aromatic N) is 1. The molecule has 0 spiro atoms. The summed E-state index contributed by atoms with van der Waals surface area (Å²) in [5, 5.41) is 13.5. The molecule has 0 aliphatic rings. The van der Waals surface area contributed by atoms with Crippen molar-refractivity contribution in [3.05, 3.63) is 57.3 Å². The zero-order valence-electron chi connectivity index (χ0n) is 9.41. The van der Waals surface area contributed by atoms with Crippen molar-refractivity contribution in [1.29, 1.82) is 5.26 Å². The molecule has 0 unspecified atom stereocenters. The molecular weight excluding hydrogens is 254 g/mol. The Morgan fingerprint density at radius 2 is 1.94 bits per heavy atom. The standard InChI is InChI=1S/C13H10F2N2S/c14-12-4-9(6-16)5-13(15)11(12)8-17-7-10-2-1-3-18-10/h1-5,17H,7-8H2. The van der Waals surface area contributed by atoms with E-state index in [2.05, 4.69) is 5.32 Å². The number of rotatable bonds is 4. The second-order valence-electron chi connectivity index (χ2n) is 3.71. The van der Waals surface area contributed by atoms with E-state index in [0.717, 1.165) is 17.0 Å². The van der Waals surface area contributed by atoms with Crippen molar-refractivity contribution in [2.45, 2.75) is 13.1 Å². The summed E-state index contributed by atoms with van der Waals surface area (Å²) in [5.74, 6) is -1.38. The van der Waals surface area contributed by atoms with Gasteiger partial charge in [-0.1, -0.05) is 6.07 Å². The summed E-state index contributed by atoms with van der Waals surface area (Å²) in [4.78, 5) is 1.10. The van der Waals surface area contributed by atoms with Crippen molar-refractivity contribution in [3.8, 4) is 6.07 Å². The van der Waals surface area contributed by atoms with Crippen LogP contribution in [0.25, 0.3) is 0 Å². The van der Waals surface area contributed by atoms with Gasteiger partial charge >= 0.3 is 0 Å². The maximum atomic E-state index is 13.5. The lowest BCUT2D eigenvalue weighted by atomic mass is 10.1. The van der Waals surface area contributed by atoms with Crippen LogP contribution >= 0.6 is 11.3 Å². The molecule has 0 amide bonds. The fourth-order valence-corrected chi connectivity index (χ4v) is 2.23. The van der Waals surface area contributed by atoms with Crippen LogP contribution in [0.3, 0.4) is 0 Å². The quantitative estimate of drug-likeness (QED) is 0.920. The van der Waals surface area contributed by atoms with Gasteiger partial charge in [0.15, 0.2) is 0 Å². The molecule has 0 saturated heterocycles. The highest BCUT2D eigenvalue weighted by molar-refractivity contribution is 7.09. The molecule has 1 N–H and O–H groups in total. The molecule has 0 bridgehead atoms. The third-order valence-corrected chi connectivity index (χ3v) is 3.33. The van der Waals surface area contributed by atoms with Crippen LogP contribution in [0.2, 0.25) is 0 Å². The van der Waals surface area contributed by atoms with E-state index in [0.29, 0.717) is 6.54 Å². The zero-order chi connectivity index (χ0) is 13.0. The summed E-state index contributed by atoms with van der Waals surface area (Å²) in [5.41, 5.74) is -0.0439. The van der Waals surface area contributed by atoms with Crippen molar-refractivity contribution < 1.29 is 8.78 Å². The van der Waals surface area contributed by atoms with Crippen LogP contribution in [0.4, 0.5) is 8.78 Å². The average Bonchev–Trinajstić information content (AvgIpc) is 2.85. The minimum absolute atomic E-state index is 0.00740. The number of nitrogens with one attached hydrogen (secondary N) is 1. The van der Waals surface area contributed by atoms with Gasteiger partial charge in [0.1, 0.15) is 11.6 Å². The number of hydrogen-bond acceptors (Lipinski definition) is 3. The van der Waals surface area contributed by atoms with Crippen LogP contribution in [0, 0.1) is 23.0 Å². The van der Waals surface area contributed by atoms with E-state index in [4.69, 9.17) is 5.26 Å². The highest BCUT2D eigenvalue weighted by Crippen LogP contribution is 2.15. The van der Waals surface area contributed by atoms with Gasteiger partial charge in [0.05, 0.1) is 11.6 Å². The number of nitriles is 1. The Morgan fingerprint density at radius 3 is 2.50 bits per heavy atom. The molecule has 1 aromatic carbocycles. The van der Waals surface area contributed by atoms with E-state index in [9.17, 15) is 8.78 Å². The van der Waals surface area contributed by atoms with Gasteiger partial charge in [-0.2, -0.15) is 5.26 Å². The summed E-state index contributed by atoms with van der Waals surface area (Å²) in [6.07, 6.45) is 0.